The van der Waals surface area contributed by atoms with Crippen molar-refractivity contribution in [2.45, 2.75) is 45.3 Å². The highest BCUT2D eigenvalue weighted by Gasteiger charge is 2.24. The molecule has 3 unspecified atom stereocenters. The van der Waals surface area contributed by atoms with E-state index in [0.717, 1.165) is 19.6 Å². The highest BCUT2D eigenvalue weighted by atomic mass is 16.5. The van der Waals surface area contributed by atoms with Gasteiger partial charge in [0.2, 0.25) is 0 Å². The van der Waals surface area contributed by atoms with Crippen molar-refractivity contribution in [3.05, 3.63) is 35.9 Å². The first-order chi connectivity index (χ1) is 8.81. The van der Waals surface area contributed by atoms with Crippen molar-refractivity contribution in [1.82, 2.24) is 5.32 Å². The summed E-state index contributed by atoms with van der Waals surface area (Å²) in [7, 11) is 0. The van der Waals surface area contributed by atoms with Gasteiger partial charge in [0.05, 0.1) is 6.10 Å². The zero-order chi connectivity index (χ0) is 12.8. The van der Waals surface area contributed by atoms with Crippen molar-refractivity contribution in [1.29, 1.82) is 0 Å². The Hall–Kier alpha value is -0.860. The van der Waals surface area contributed by atoms with E-state index in [0.29, 0.717) is 18.1 Å². The Bertz CT molecular complexity index is 332. The van der Waals surface area contributed by atoms with Crippen molar-refractivity contribution in [3.63, 3.8) is 0 Å². The van der Waals surface area contributed by atoms with Crippen LogP contribution in [-0.2, 0) is 4.74 Å². The lowest BCUT2D eigenvalue weighted by Gasteiger charge is -2.27. The van der Waals surface area contributed by atoms with Gasteiger partial charge in [-0.3, -0.25) is 0 Å². The van der Waals surface area contributed by atoms with Crippen LogP contribution in [0.25, 0.3) is 0 Å². The quantitative estimate of drug-likeness (QED) is 0.830. The number of rotatable bonds is 6. The summed E-state index contributed by atoms with van der Waals surface area (Å²) in [6.45, 7) is 6.47. The number of hydrogen-bond acceptors (Lipinski definition) is 2. The van der Waals surface area contributed by atoms with Gasteiger partial charge in [0.1, 0.15) is 0 Å². The van der Waals surface area contributed by atoms with Crippen LogP contribution in [0.15, 0.2) is 30.3 Å². The first kappa shape index (κ1) is 13.6. The minimum atomic E-state index is 0.445. The Morgan fingerprint density at radius 1 is 1.33 bits per heavy atom. The molecule has 0 saturated carbocycles. The third-order valence-electron chi connectivity index (χ3n) is 3.81. The highest BCUT2D eigenvalue weighted by Crippen LogP contribution is 2.29. The number of hydrogen-bond donors (Lipinski definition) is 1. The van der Waals surface area contributed by atoms with Crippen LogP contribution in [-0.4, -0.2) is 19.3 Å². The topological polar surface area (TPSA) is 21.3 Å². The molecule has 0 aromatic heterocycles. The van der Waals surface area contributed by atoms with E-state index in [4.69, 9.17) is 4.74 Å². The third-order valence-corrected chi connectivity index (χ3v) is 3.81. The van der Waals surface area contributed by atoms with Crippen LogP contribution in [0.1, 0.15) is 44.7 Å². The SMILES string of the molecule is CCNC(c1ccccc1)C(C)CC1CCCO1. The van der Waals surface area contributed by atoms with Crippen molar-refractivity contribution >= 4 is 0 Å². The average Bonchev–Trinajstić information content (AvgIpc) is 2.89. The minimum absolute atomic E-state index is 0.445. The predicted molar refractivity (Wildman–Crippen MR) is 75.6 cm³/mol. The normalized spacial score (nSPS) is 22.9. The van der Waals surface area contributed by atoms with E-state index in [1.165, 1.54) is 18.4 Å². The molecule has 2 heteroatoms. The predicted octanol–water partition coefficient (Wildman–Crippen LogP) is 3.54. The molecule has 2 nitrogen and oxygen atoms in total. The van der Waals surface area contributed by atoms with Gasteiger partial charge in [0, 0.05) is 12.6 Å². The van der Waals surface area contributed by atoms with Crippen LogP contribution < -0.4 is 5.32 Å². The molecule has 1 aliphatic rings. The maximum absolute atomic E-state index is 5.76. The Morgan fingerprint density at radius 3 is 2.72 bits per heavy atom. The molecule has 1 aromatic rings. The molecule has 0 spiro atoms. The monoisotopic (exact) mass is 247 g/mol. The molecular formula is C16H25NO. The summed E-state index contributed by atoms with van der Waals surface area (Å²) in [4.78, 5) is 0. The number of nitrogens with one attached hydrogen (secondary N) is 1. The molecule has 1 aromatic carbocycles. The molecule has 18 heavy (non-hydrogen) atoms. The lowest BCUT2D eigenvalue weighted by molar-refractivity contribution is 0.0858. The van der Waals surface area contributed by atoms with Crippen LogP contribution in [0.3, 0.4) is 0 Å². The van der Waals surface area contributed by atoms with Crippen LogP contribution in [0.4, 0.5) is 0 Å². The van der Waals surface area contributed by atoms with Gasteiger partial charge in [0.25, 0.3) is 0 Å². The first-order valence-corrected chi connectivity index (χ1v) is 7.21. The fourth-order valence-electron chi connectivity index (χ4n) is 2.91. The second-order valence-electron chi connectivity index (χ2n) is 5.29. The van der Waals surface area contributed by atoms with Gasteiger partial charge in [-0.05, 0) is 37.3 Å². The first-order valence-electron chi connectivity index (χ1n) is 7.21. The van der Waals surface area contributed by atoms with Crippen LogP contribution in [0.5, 0.6) is 0 Å². The van der Waals surface area contributed by atoms with E-state index in [9.17, 15) is 0 Å². The van der Waals surface area contributed by atoms with Crippen molar-refractivity contribution in [2.75, 3.05) is 13.2 Å². The second kappa shape index (κ2) is 6.91. The standard InChI is InChI=1S/C16H25NO/c1-3-17-16(14-8-5-4-6-9-14)13(2)12-15-10-7-11-18-15/h4-6,8-9,13,15-17H,3,7,10-12H2,1-2H3. The van der Waals surface area contributed by atoms with Gasteiger partial charge in [-0.25, -0.2) is 0 Å². The highest BCUT2D eigenvalue weighted by molar-refractivity contribution is 5.19. The molecule has 3 atom stereocenters. The maximum atomic E-state index is 5.76. The molecular weight excluding hydrogens is 222 g/mol. The van der Waals surface area contributed by atoms with Gasteiger partial charge >= 0.3 is 0 Å². The molecule has 0 bridgehead atoms. The summed E-state index contributed by atoms with van der Waals surface area (Å²) in [5, 5.41) is 3.62. The molecule has 0 aliphatic carbocycles. The Morgan fingerprint density at radius 2 is 2.11 bits per heavy atom. The fraction of sp³-hybridized carbons (Fsp3) is 0.625. The summed E-state index contributed by atoms with van der Waals surface area (Å²) >= 11 is 0. The number of benzene rings is 1. The Labute approximate surface area is 111 Å². The fourth-order valence-corrected chi connectivity index (χ4v) is 2.91. The molecule has 1 aliphatic heterocycles. The molecule has 1 saturated heterocycles. The van der Waals surface area contributed by atoms with E-state index in [1.54, 1.807) is 0 Å². The second-order valence-corrected chi connectivity index (χ2v) is 5.29. The summed E-state index contributed by atoms with van der Waals surface area (Å²) in [6.07, 6.45) is 4.10. The lowest BCUT2D eigenvalue weighted by atomic mass is 9.89. The van der Waals surface area contributed by atoms with E-state index in [-0.39, 0.29) is 0 Å². The largest absolute Gasteiger partial charge is 0.378 e. The van der Waals surface area contributed by atoms with Gasteiger partial charge in [-0.2, -0.15) is 0 Å². The lowest BCUT2D eigenvalue weighted by Crippen LogP contribution is -2.29. The average molecular weight is 247 g/mol. The zero-order valence-corrected chi connectivity index (χ0v) is 11.6. The van der Waals surface area contributed by atoms with E-state index < -0.39 is 0 Å². The number of ether oxygens (including phenoxy) is 1. The molecule has 0 amide bonds. The molecule has 1 N–H and O–H groups in total. The van der Waals surface area contributed by atoms with E-state index in [2.05, 4.69) is 49.5 Å². The van der Waals surface area contributed by atoms with Crippen molar-refractivity contribution in [3.8, 4) is 0 Å². The molecule has 1 fully saturated rings. The zero-order valence-electron chi connectivity index (χ0n) is 11.6. The van der Waals surface area contributed by atoms with E-state index >= 15 is 0 Å². The maximum Gasteiger partial charge on any atom is 0.0579 e. The molecule has 0 radical (unpaired) electrons. The Kier molecular flexibility index (Phi) is 5.21. The van der Waals surface area contributed by atoms with Crippen molar-refractivity contribution < 1.29 is 4.74 Å². The summed E-state index contributed by atoms with van der Waals surface area (Å²) in [6, 6.07) is 11.2. The molecule has 100 valence electrons. The summed E-state index contributed by atoms with van der Waals surface area (Å²) in [5.74, 6) is 0.607. The summed E-state index contributed by atoms with van der Waals surface area (Å²) < 4.78 is 5.76. The Balaban J connectivity index is 1.99. The third kappa shape index (κ3) is 3.56. The van der Waals surface area contributed by atoms with E-state index in [1.807, 2.05) is 0 Å². The van der Waals surface area contributed by atoms with Gasteiger partial charge in [0.15, 0.2) is 0 Å². The van der Waals surface area contributed by atoms with Gasteiger partial charge < -0.3 is 10.1 Å². The minimum Gasteiger partial charge on any atom is -0.378 e. The van der Waals surface area contributed by atoms with Crippen LogP contribution in [0.2, 0.25) is 0 Å². The van der Waals surface area contributed by atoms with Gasteiger partial charge in [-0.15, -0.1) is 0 Å². The van der Waals surface area contributed by atoms with Crippen LogP contribution >= 0.6 is 0 Å². The smallest absolute Gasteiger partial charge is 0.0579 e. The molecule has 2 rings (SSSR count). The van der Waals surface area contributed by atoms with Crippen LogP contribution in [0, 0.1) is 5.92 Å². The van der Waals surface area contributed by atoms with Gasteiger partial charge in [-0.1, -0.05) is 44.2 Å². The van der Waals surface area contributed by atoms with Crippen molar-refractivity contribution in [2.24, 2.45) is 5.92 Å². The molecule has 1 heterocycles. The summed E-state index contributed by atoms with van der Waals surface area (Å²) in [5.41, 5.74) is 1.39.